The number of halogens is 1. The molecule has 17 heavy (non-hydrogen) atoms. The van der Waals surface area contributed by atoms with E-state index >= 15 is 0 Å². The fourth-order valence-electron chi connectivity index (χ4n) is 1.50. The Bertz CT molecular complexity index is 471. The molecule has 0 aromatic heterocycles. The summed E-state index contributed by atoms with van der Waals surface area (Å²) >= 11 is 3.25. The normalized spacial score (nSPS) is 13.3. The van der Waals surface area contributed by atoms with Crippen LogP contribution in [0, 0.1) is 0 Å². The summed E-state index contributed by atoms with van der Waals surface area (Å²) in [6.45, 7) is 4.26. The maximum Gasteiger partial charge on any atom is 0.149 e. The Morgan fingerprint density at radius 3 is 2.47 bits per heavy atom. The molecule has 1 atom stereocenters. The monoisotopic (exact) mass is 317 g/mol. The van der Waals surface area contributed by atoms with Gasteiger partial charge in [-0.25, -0.2) is 8.42 Å². The summed E-state index contributed by atoms with van der Waals surface area (Å²) in [5.41, 5.74) is 0.965. The number of hydrogen-bond acceptors (Lipinski definition) is 3. The topological polar surface area (TPSA) is 46.2 Å². The zero-order valence-electron chi connectivity index (χ0n) is 9.69. The Morgan fingerprint density at radius 2 is 2.00 bits per heavy atom. The van der Waals surface area contributed by atoms with E-state index in [1.54, 1.807) is 0 Å². The van der Waals surface area contributed by atoms with Crippen LogP contribution < -0.4 is 5.32 Å². The third-order valence-electron chi connectivity index (χ3n) is 2.21. The minimum Gasteiger partial charge on any atom is -0.304 e. The van der Waals surface area contributed by atoms with Crippen molar-refractivity contribution < 1.29 is 8.42 Å². The molecule has 0 aliphatic carbocycles. The van der Waals surface area contributed by atoms with Crippen molar-refractivity contribution >= 4 is 25.8 Å². The van der Waals surface area contributed by atoms with Crippen LogP contribution in [0.2, 0.25) is 0 Å². The first kappa shape index (κ1) is 14.4. The van der Waals surface area contributed by atoms with Crippen molar-refractivity contribution in [1.29, 1.82) is 0 Å². The zero-order valence-corrected chi connectivity index (χ0v) is 12.1. The molecule has 0 fully saturated rings. The summed E-state index contributed by atoms with van der Waals surface area (Å²) in [6, 6.07) is 9.33. The van der Waals surface area contributed by atoms with Gasteiger partial charge in [-0.1, -0.05) is 52.8 Å². The SMILES string of the molecule is C=C(Br)CN[C@@H](CS(C)(=O)=O)c1ccccc1. The smallest absolute Gasteiger partial charge is 0.149 e. The maximum absolute atomic E-state index is 11.4. The zero-order chi connectivity index (χ0) is 12.9. The molecule has 0 spiro atoms. The summed E-state index contributed by atoms with van der Waals surface area (Å²) < 4.78 is 23.6. The van der Waals surface area contributed by atoms with Gasteiger partial charge in [-0.15, -0.1) is 0 Å². The summed E-state index contributed by atoms with van der Waals surface area (Å²) in [5.74, 6) is 0.0806. The van der Waals surface area contributed by atoms with Crippen molar-refractivity contribution in [3.8, 4) is 0 Å². The van der Waals surface area contributed by atoms with Crippen LogP contribution in [0.25, 0.3) is 0 Å². The third-order valence-corrected chi connectivity index (χ3v) is 3.43. The van der Waals surface area contributed by atoms with Crippen LogP contribution >= 0.6 is 15.9 Å². The summed E-state index contributed by atoms with van der Waals surface area (Å²) in [5, 5.41) is 3.17. The first-order valence-electron chi connectivity index (χ1n) is 5.18. The molecule has 1 aromatic carbocycles. The number of nitrogens with one attached hydrogen (secondary N) is 1. The first-order chi connectivity index (χ1) is 7.88. The lowest BCUT2D eigenvalue weighted by atomic mass is 10.1. The number of rotatable bonds is 6. The summed E-state index contributed by atoms with van der Waals surface area (Å²) in [6.07, 6.45) is 1.24. The molecule has 0 aliphatic rings. The second-order valence-corrected chi connectivity index (χ2v) is 7.26. The molecule has 94 valence electrons. The molecule has 0 bridgehead atoms. The fraction of sp³-hybridized carbons (Fsp3) is 0.333. The Balaban J connectivity index is 2.83. The van der Waals surface area contributed by atoms with Gasteiger partial charge in [0.15, 0.2) is 0 Å². The fourth-order valence-corrected chi connectivity index (χ4v) is 2.57. The maximum atomic E-state index is 11.4. The molecule has 1 aromatic rings. The lowest BCUT2D eigenvalue weighted by molar-refractivity contribution is 0.570. The van der Waals surface area contributed by atoms with Gasteiger partial charge < -0.3 is 5.32 Å². The molecule has 0 heterocycles. The van der Waals surface area contributed by atoms with Gasteiger partial charge in [0.1, 0.15) is 9.84 Å². The molecule has 0 radical (unpaired) electrons. The Hall–Kier alpha value is -0.650. The predicted molar refractivity (Wildman–Crippen MR) is 75.0 cm³/mol. The van der Waals surface area contributed by atoms with Crippen LogP contribution in [0.3, 0.4) is 0 Å². The lowest BCUT2D eigenvalue weighted by Crippen LogP contribution is -2.28. The Morgan fingerprint density at radius 1 is 1.41 bits per heavy atom. The van der Waals surface area contributed by atoms with Crippen molar-refractivity contribution in [3.05, 3.63) is 47.0 Å². The second-order valence-electron chi connectivity index (χ2n) is 3.95. The van der Waals surface area contributed by atoms with Crippen LogP contribution in [0.15, 0.2) is 41.4 Å². The third kappa shape index (κ3) is 6.00. The molecule has 0 saturated heterocycles. The highest BCUT2D eigenvalue weighted by Gasteiger charge is 2.16. The minimum absolute atomic E-state index is 0.0806. The molecular formula is C12H16BrNO2S. The quantitative estimate of drug-likeness (QED) is 0.875. The van der Waals surface area contributed by atoms with E-state index in [-0.39, 0.29) is 11.8 Å². The van der Waals surface area contributed by atoms with Crippen molar-refractivity contribution in [1.82, 2.24) is 5.32 Å². The van der Waals surface area contributed by atoms with Gasteiger partial charge in [0.25, 0.3) is 0 Å². The first-order valence-corrected chi connectivity index (χ1v) is 8.03. The molecule has 1 rings (SSSR count). The molecule has 3 nitrogen and oxygen atoms in total. The largest absolute Gasteiger partial charge is 0.304 e. The highest BCUT2D eigenvalue weighted by molar-refractivity contribution is 9.11. The predicted octanol–water partition coefficient (Wildman–Crippen LogP) is 2.27. The standard InChI is InChI=1S/C12H16BrNO2S/c1-10(13)8-14-12(9-17(2,15)16)11-6-4-3-5-7-11/h3-7,12,14H,1,8-9H2,2H3/t12-/m0/s1. The van der Waals surface area contributed by atoms with Gasteiger partial charge in [0.2, 0.25) is 0 Å². The van der Waals surface area contributed by atoms with Crippen LogP contribution in [0.1, 0.15) is 11.6 Å². The van der Waals surface area contributed by atoms with E-state index in [1.807, 2.05) is 30.3 Å². The number of sulfone groups is 1. The van der Waals surface area contributed by atoms with Crippen molar-refractivity contribution in [2.24, 2.45) is 0 Å². The van der Waals surface area contributed by atoms with Gasteiger partial charge >= 0.3 is 0 Å². The highest BCUT2D eigenvalue weighted by Crippen LogP contribution is 2.15. The summed E-state index contributed by atoms with van der Waals surface area (Å²) in [4.78, 5) is 0. The molecule has 0 unspecified atom stereocenters. The minimum atomic E-state index is -3.03. The van der Waals surface area contributed by atoms with E-state index < -0.39 is 9.84 Å². The van der Waals surface area contributed by atoms with Crippen molar-refractivity contribution in [3.63, 3.8) is 0 Å². The van der Waals surface area contributed by atoms with E-state index in [0.717, 1.165) is 10.0 Å². The van der Waals surface area contributed by atoms with Crippen LogP contribution in [-0.4, -0.2) is 27.0 Å². The van der Waals surface area contributed by atoms with Gasteiger partial charge in [-0.2, -0.15) is 0 Å². The molecular weight excluding hydrogens is 302 g/mol. The van der Waals surface area contributed by atoms with Crippen molar-refractivity contribution in [2.75, 3.05) is 18.6 Å². The molecule has 0 saturated carbocycles. The molecule has 1 N–H and O–H groups in total. The van der Waals surface area contributed by atoms with E-state index in [4.69, 9.17) is 0 Å². The van der Waals surface area contributed by atoms with E-state index in [9.17, 15) is 8.42 Å². The second kappa shape index (κ2) is 6.33. The molecule has 5 heteroatoms. The number of hydrogen-bond donors (Lipinski definition) is 1. The average molecular weight is 318 g/mol. The Kier molecular flexibility index (Phi) is 5.36. The summed E-state index contributed by atoms with van der Waals surface area (Å²) in [7, 11) is -3.03. The average Bonchev–Trinajstić information content (AvgIpc) is 2.24. The van der Waals surface area contributed by atoms with Crippen LogP contribution in [-0.2, 0) is 9.84 Å². The highest BCUT2D eigenvalue weighted by atomic mass is 79.9. The van der Waals surface area contributed by atoms with Gasteiger partial charge in [-0.05, 0) is 5.56 Å². The van der Waals surface area contributed by atoms with Gasteiger partial charge in [0.05, 0.1) is 5.75 Å². The number of benzene rings is 1. The van der Waals surface area contributed by atoms with E-state index in [2.05, 4.69) is 27.8 Å². The Labute approximate surface area is 111 Å². The van der Waals surface area contributed by atoms with Crippen LogP contribution in [0.4, 0.5) is 0 Å². The van der Waals surface area contributed by atoms with Gasteiger partial charge in [0, 0.05) is 23.3 Å². The molecule has 0 aliphatic heterocycles. The van der Waals surface area contributed by atoms with Gasteiger partial charge in [-0.3, -0.25) is 0 Å². The van der Waals surface area contributed by atoms with Crippen molar-refractivity contribution in [2.45, 2.75) is 6.04 Å². The molecule has 0 amide bonds. The van der Waals surface area contributed by atoms with Crippen LogP contribution in [0.5, 0.6) is 0 Å². The lowest BCUT2D eigenvalue weighted by Gasteiger charge is -2.18. The van der Waals surface area contributed by atoms with E-state index in [0.29, 0.717) is 6.54 Å². The van der Waals surface area contributed by atoms with E-state index in [1.165, 1.54) is 6.26 Å².